The van der Waals surface area contributed by atoms with Gasteiger partial charge in [-0.15, -0.1) is 0 Å². The summed E-state index contributed by atoms with van der Waals surface area (Å²) < 4.78 is 0. The summed E-state index contributed by atoms with van der Waals surface area (Å²) in [7, 11) is 1.95. The number of benzene rings is 2. The number of nitrogens with one attached hydrogen (secondary N) is 1. The van der Waals surface area contributed by atoms with Crippen molar-refractivity contribution in [2.45, 2.75) is 19.8 Å². The molecule has 1 aliphatic rings. The molecule has 0 atom stereocenters. The first kappa shape index (κ1) is 22.8. The number of carbonyl (C=O) groups excluding carboxylic acids is 1. The molecule has 1 heterocycles. The third kappa shape index (κ3) is 6.58. The van der Waals surface area contributed by atoms with Crippen LogP contribution in [0.2, 0.25) is 0 Å². The molecule has 2 aromatic carbocycles. The number of rotatable bonds is 8. The molecule has 0 radical (unpaired) electrons. The fraction of sp³-hybridized carbons (Fsp3) is 0.214. The molecular formula is C28H29N3O. The van der Waals surface area contributed by atoms with Gasteiger partial charge < -0.3 is 10.2 Å². The largest absolute Gasteiger partial charge is 0.352 e. The number of hydrogen-bond acceptors (Lipinski definition) is 3. The molecule has 32 heavy (non-hydrogen) atoms. The molecule has 1 amide bonds. The minimum Gasteiger partial charge on any atom is -0.352 e. The third-order valence-corrected chi connectivity index (χ3v) is 5.09. The summed E-state index contributed by atoms with van der Waals surface area (Å²) in [5.74, 6) is 6.40. The smallest absolute Gasteiger partial charge is 0.251 e. The summed E-state index contributed by atoms with van der Waals surface area (Å²) >= 11 is 0. The van der Waals surface area contributed by atoms with Gasteiger partial charge in [-0.1, -0.05) is 42.7 Å². The molecule has 0 aromatic heterocycles. The number of hydrogen-bond donors (Lipinski definition) is 1. The third-order valence-electron chi connectivity index (χ3n) is 5.09. The molecule has 4 heteroatoms. The topological polar surface area (TPSA) is 44.7 Å². The van der Waals surface area contributed by atoms with E-state index in [9.17, 15) is 4.79 Å². The van der Waals surface area contributed by atoms with Gasteiger partial charge in [-0.3, -0.25) is 9.79 Å². The van der Waals surface area contributed by atoms with Crippen molar-refractivity contribution in [2.75, 3.05) is 25.0 Å². The minimum absolute atomic E-state index is 0.0893. The molecule has 0 spiro atoms. The molecule has 162 valence electrons. The van der Waals surface area contributed by atoms with Gasteiger partial charge in [-0.25, -0.2) is 0 Å². The Bertz CT molecular complexity index is 1130. The highest BCUT2D eigenvalue weighted by molar-refractivity contribution is 5.95. The van der Waals surface area contributed by atoms with Crippen LogP contribution < -0.4 is 10.2 Å². The first-order chi connectivity index (χ1) is 15.6. The summed E-state index contributed by atoms with van der Waals surface area (Å²) in [4.78, 5) is 18.9. The standard InChI is InChI=1S/C28H29N3O/c1-4-5-18-31(3)27-14-13-26(28(32)30-16-7-10-24-15-17-29-21-24)20-25(27)12-11-23-9-6-8-22(2)19-23/h4-6,8-9,13-15,18-21H,1,7,10,16-17H2,2-3H3,(H,30,32)/b18-5-. The fourth-order valence-corrected chi connectivity index (χ4v) is 3.37. The first-order valence-electron chi connectivity index (χ1n) is 10.8. The summed E-state index contributed by atoms with van der Waals surface area (Å²) in [6.45, 7) is 7.17. The predicted octanol–water partition coefficient (Wildman–Crippen LogP) is 5.05. The first-order valence-corrected chi connectivity index (χ1v) is 10.8. The zero-order chi connectivity index (χ0) is 22.8. The molecule has 1 aliphatic heterocycles. The summed E-state index contributed by atoms with van der Waals surface area (Å²) in [5, 5.41) is 3.01. The maximum atomic E-state index is 12.7. The molecule has 1 N–H and O–H groups in total. The monoisotopic (exact) mass is 423 g/mol. The van der Waals surface area contributed by atoms with Gasteiger partial charge >= 0.3 is 0 Å². The molecule has 2 aromatic rings. The highest BCUT2D eigenvalue weighted by atomic mass is 16.1. The highest BCUT2D eigenvalue weighted by Gasteiger charge is 2.11. The van der Waals surface area contributed by atoms with Gasteiger partial charge in [0.05, 0.1) is 12.2 Å². The minimum atomic E-state index is -0.0893. The van der Waals surface area contributed by atoms with E-state index >= 15 is 0 Å². The van der Waals surface area contributed by atoms with Gasteiger partial charge in [-0.05, 0) is 67.3 Å². The maximum Gasteiger partial charge on any atom is 0.251 e. The van der Waals surface area contributed by atoms with Gasteiger partial charge in [0.1, 0.15) is 0 Å². The Hall–Kier alpha value is -3.84. The van der Waals surface area contributed by atoms with Crippen LogP contribution in [-0.4, -0.2) is 32.3 Å². The Morgan fingerprint density at radius 1 is 1.25 bits per heavy atom. The van der Waals surface area contributed by atoms with Crippen molar-refractivity contribution >= 4 is 17.8 Å². The van der Waals surface area contributed by atoms with Gasteiger partial charge in [0.25, 0.3) is 5.91 Å². The van der Waals surface area contributed by atoms with E-state index in [-0.39, 0.29) is 5.91 Å². The number of allylic oxidation sites excluding steroid dienone is 3. The zero-order valence-electron chi connectivity index (χ0n) is 18.8. The molecule has 0 saturated carbocycles. The molecule has 0 bridgehead atoms. The summed E-state index contributed by atoms with van der Waals surface area (Å²) in [5.41, 5.74) is 5.67. The fourth-order valence-electron chi connectivity index (χ4n) is 3.37. The van der Waals surface area contributed by atoms with Crippen LogP contribution in [0.3, 0.4) is 0 Å². The molecule has 0 aliphatic carbocycles. The Balaban J connectivity index is 1.77. The van der Waals surface area contributed by atoms with Crippen molar-refractivity contribution in [3.05, 3.63) is 101 Å². The van der Waals surface area contributed by atoms with Gasteiger partial charge in [0, 0.05) is 42.7 Å². The van der Waals surface area contributed by atoms with Gasteiger partial charge in [0.15, 0.2) is 0 Å². The van der Waals surface area contributed by atoms with Crippen molar-refractivity contribution in [2.24, 2.45) is 4.99 Å². The second-order valence-corrected chi connectivity index (χ2v) is 7.67. The molecule has 4 nitrogen and oxygen atoms in total. The van der Waals surface area contributed by atoms with Crippen LogP contribution in [0.15, 0.2) is 84.0 Å². The highest BCUT2D eigenvalue weighted by Crippen LogP contribution is 2.21. The Morgan fingerprint density at radius 2 is 2.12 bits per heavy atom. The van der Waals surface area contributed by atoms with Crippen molar-refractivity contribution in [3.63, 3.8) is 0 Å². The van der Waals surface area contributed by atoms with E-state index in [0.29, 0.717) is 12.1 Å². The molecule has 0 saturated heterocycles. The van der Waals surface area contributed by atoms with Crippen LogP contribution >= 0.6 is 0 Å². The average molecular weight is 424 g/mol. The summed E-state index contributed by atoms with van der Waals surface area (Å²) in [6, 6.07) is 13.7. The van der Waals surface area contributed by atoms with Crippen LogP contribution in [0.1, 0.15) is 39.9 Å². The molecule has 0 fully saturated rings. The van der Waals surface area contributed by atoms with Crippen molar-refractivity contribution in [1.29, 1.82) is 0 Å². The predicted molar refractivity (Wildman–Crippen MR) is 134 cm³/mol. The maximum absolute atomic E-state index is 12.7. The lowest BCUT2D eigenvalue weighted by Crippen LogP contribution is -2.24. The van der Waals surface area contributed by atoms with Crippen LogP contribution in [0.25, 0.3) is 0 Å². The van der Waals surface area contributed by atoms with Crippen LogP contribution in [0.5, 0.6) is 0 Å². The van der Waals surface area contributed by atoms with Crippen molar-refractivity contribution in [1.82, 2.24) is 5.32 Å². The normalized spacial score (nSPS) is 12.2. The quantitative estimate of drug-likeness (QED) is 0.367. The number of aliphatic imine (C=N–C) groups is 1. The van der Waals surface area contributed by atoms with Crippen molar-refractivity contribution in [3.8, 4) is 11.8 Å². The molecule has 0 unspecified atom stereocenters. The van der Waals surface area contributed by atoms with E-state index in [2.05, 4.69) is 40.9 Å². The van der Waals surface area contributed by atoms with E-state index in [1.165, 1.54) is 5.57 Å². The average Bonchev–Trinajstić information content (AvgIpc) is 3.32. The Kier molecular flexibility index (Phi) is 8.22. The molecule has 3 rings (SSSR count). The number of carbonyl (C=O) groups is 1. The van der Waals surface area contributed by atoms with Crippen LogP contribution in [-0.2, 0) is 0 Å². The zero-order valence-corrected chi connectivity index (χ0v) is 18.8. The van der Waals surface area contributed by atoms with Crippen molar-refractivity contribution < 1.29 is 4.79 Å². The van der Waals surface area contributed by atoms with E-state index in [1.54, 1.807) is 6.08 Å². The number of nitrogens with zero attached hydrogens (tertiary/aromatic N) is 2. The lowest BCUT2D eigenvalue weighted by Gasteiger charge is -2.17. The number of amides is 1. The number of aryl methyl sites for hydroxylation is 1. The van der Waals surface area contributed by atoms with Crippen LogP contribution in [0, 0.1) is 18.8 Å². The number of anilines is 1. The lowest BCUT2D eigenvalue weighted by molar-refractivity contribution is 0.0953. The van der Waals surface area contributed by atoms with Gasteiger partial charge in [0.2, 0.25) is 0 Å². The second-order valence-electron chi connectivity index (χ2n) is 7.67. The van der Waals surface area contributed by atoms with Gasteiger partial charge in [-0.2, -0.15) is 0 Å². The second kappa shape index (κ2) is 11.5. The van der Waals surface area contributed by atoms with E-state index in [1.807, 2.05) is 73.8 Å². The molecular weight excluding hydrogens is 394 g/mol. The lowest BCUT2D eigenvalue weighted by atomic mass is 10.1. The van der Waals surface area contributed by atoms with E-state index < -0.39 is 0 Å². The Morgan fingerprint density at radius 3 is 2.88 bits per heavy atom. The van der Waals surface area contributed by atoms with E-state index in [0.717, 1.165) is 41.8 Å². The van der Waals surface area contributed by atoms with E-state index in [4.69, 9.17) is 0 Å². The van der Waals surface area contributed by atoms with Crippen LogP contribution in [0.4, 0.5) is 5.69 Å². The SMILES string of the molecule is C=C/C=C\N(C)c1ccc(C(=O)NCCCC2=CCN=C2)cc1C#Cc1cccc(C)c1. The Labute approximate surface area is 191 Å². The summed E-state index contributed by atoms with van der Waals surface area (Å²) in [6.07, 6.45) is 11.4.